The van der Waals surface area contributed by atoms with Crippen LogP contribution in [0.15, 0.2) is 57.4 Å². The van der Waals surface area contributed by atoms with Crippen LogP contribution in [0.3, 0.4) is 0 Å². The molecule has 3 rings (SSSR count). The summed E-state index contributed by atoms with van der Waals surface area (Å²) in [6.45, 7) is 0. The second kappa shape index (κ2) is 9.04. The molecule has 0 radical (unpaired) electrons. The number of carbonyl (C=O) groups is 1. The van der Waals surface area contributed by atoms with Crippen molar-refractivity contribution in [1.29, 1.82) is 5.26 Å². The largest absolute Gasteiger partial charge is 0.442 e. The summed E-state index contributed by atoms with van der Waals surface area (Å²) in [4.78, 5) is 20.0. The van der Waals surface area contributed by atoms with Gasteiger partial charge in [-0.3, -0.25) is 4.79 Å². The molecule has 1 aliphatic heterocycles. The number of hydrogen-bond donors (Lipinski definition) is 0. The molecular formula is C21H20FN3O2. The van der Waals surface area contributed by atoms with E-state index in [1.165, 1.54) is 24.6 Å². The Balaban J connectivity index is 1.40. The van der Waals surface area contributed by atoms with Gasteiger partial charge in [-0.05, 0) is 42.5 Å². The zero-order chi connectivity index (χ0) is 19.1. The van der Waals surface area contributed by atoms with E-state index in [-0.39, 0.29) is 17.5 Å². The summed E-state index contributed by atoms with van der Waals surface area (Å²) in [6.07, 6.45) is 8.41. The van der Waals surface area contributed by atoms with Crippen molar-refractivity contribution in [3.63, 3.8) is 0 Å². The average Bonchev–Trinajstić information content (AvgIpc) is 3.35. The smallest absolute Gasteiger partial charge is 0.263 e. The molecule has 1 aromatic heterocycles. The fourth-order valence-electron chi connectivity index (χ4n) is 3.10. The van der Waals surface area contributed by atoms with Gasteiger partial charge in [-0.1, -0.05) is 25.0 Å². The molecular weight excluding hydrogens is 345 g/mol. The molecule has 0 atom stereocenters. The van der Waals surface area contributed by atoms with Gasteiger partial charge in [-0.2, -0.15) is 5.26 Å². The summed E-state index contributed by atoms with van der Waals surface area (Å²) in [5.74, 6) is -0.176. The Morgan fingerprint density at radius 2 is 1.96 bits per heavy atom. The van der Waals surface area contributed by atoms with Gasteiger partial charge in [0.1, 0.15) is 23.8 Å². The monoisotopic (exact) mass is 365 g/mol. The van der Waals surface area contributed by atoms with Gasteiger partial charge in [0.15, 0.2) is 0 Å². The predicted octanol–water partition coefficient (Wildman–Crippen LogP) is 5.01. The second-order valence-corrected chi connectivity index (χ2v) is 6.48. The van der Waals surface area contributed by atoms with E-state index in [9.17, 15) is 14.4 Å². The number of allylic oxidation sites excluding steroid dienone is 2. The second-order valence-electron chi connectivity index (χ2n) is 6.48. The Morgan fingerprint density at radius 1 is 1.19 bits per heavy atom. The van der Waals surface area contributed by atoms with Crippen LogP contribution in [-0.4, -0.2) is 16.5 Å². The number of nitriles is 1. The molecule has 6 heteroatoms. The van der Waals surface area contributed by atoms with Crippen LogP contribution < -0.4 is 0 Å². The normalized spacial score (nSPS) is 13.6. The van der Waals surface area contributed by atoms with E-state index < -0.39 is 0 Å². The summed E-state index contributed by atoms with van der Waals surface area (Å²) >= 11 is 0. The van der Waals surface area contributed by atoms with Gasteiger partial charge < -0.3 is 4.42 Å². The highest BCUT2D eigenvalue weighted by atomic mass is 19.1. The minimum Gasteiger partial charge on any atom is -0.442 e. The van der Waals surface area contributed by atoms with Crippen LogP contribution in [0.25, 0.3) is 0 Å². The van der Waals surface area contributed by atoms with Crippen molar-refractivity contribution >= 4 is 11.5 Å². The molecule has 0 fully saturated rings. The van der Waals surface area contributed by atoms with Crippen molar-refractivity contribution in [3.05, 3.63) is 65.3 Å². The summed E-state index contributed by atoms with van der Waals surface area (Å²) in [5, 5.41) is 9.31. The first-order chi connectivity index (χ1) is 13.2. The van der Waals surface area contributed by atoms with Gasteiger partial charge in [-0.25, -0.2) is 14.4 Å². The molecule has 1 aliphatic rings. The van der Waals surface area contributed by atoms with Crippen molar-refractivity contribution < 1.29 is 13.6 Å². The fraction of sp³-hybridized carbons (Fsp3) is 0.333. The van der Waals surface area contributed by atoms with Crippen LogP contribution in [-0.2, 0) is 0 Å². The van der Waals surface area contributed by atoms with Gasteiger partial charge in [0.05, 0.1) is 11.9 Å². The minimum atomic E-state index is -0.285. The van der Waals surface area contributed by atoms with E-state index in [1.54, 1.807) is 12.1 Å². The number of aliphatic imine (C=N–C) groups is 1. The summed E-state index contributed by atoms with van der Waals surface area (Å²) in [6, 6.07) is 8.36. The molecule has 0 N–H and O–H groups in total. The van der Waals surface area contributed by atoms with E-state index >= 15 is 0 Å². The Kier molecular flexibility index (Phi) is 6.26. The van der Waals surface area contributed by atoms with Gasteiger partial charge in [0, 0.05) is 12.8 Å². The highest BCUT2D eigenvalue weighted by molar-refractivity contribution is 6.04. The topological polar surface area (TPSA) is 79.2 Å². The number of unbranched alkanes of at least 4 members (excludes halogenated alkanes) is 3. The molecule has 1 aromatic carbocycles. The summed E-state index contributed by atoms with van der Waals surface area (Å²) in [5.41, 5.74) is 3.18. The van der Waals surface area contributed by atoms with Crippen LogP contribution in [0.1, 0.15) is 61.2 Å². The fourth-order valence-corrected chi connectivity index (χ4v) is 3.10. The third-order valence-corrected chi connectivity index (χ3v) is 4.55. The first kappa shape index (κ1) is 18.7. The number of benzene rings is 1. The molecule has 0 amide bonds. The van der Waals surface area contributed by atoms with Gasteiger partial charge in [-0.15, -0.1) is 0 Å². The third-order valence-electron chi connectivity index (χ3n) is 4.55. The lowest BCUT2D eigenvalue weighted by Crippen LogP contribution is -1.99. The number of nitrogens with zero attached hydrogens (tertiary/aromatic N) is 3. The van der Waals surface area contributed by atoms with Gasteiger partial charge >= 0.3 is 0 Å². The van der Waals surface area contributed by atoms with E-state index in [4.69, 9.17) is 4.42 Å². The molecule has 0 spiro atoms. The summed E-state index contributed by atoms with van der Waals surface area (Å²) < 4.78 is 18.0. The number of ketones is 1. The van der Waals surface area contributed by atoms with Crippen molar-refractivity contribution in [3.8, 4) is 6.07 Å². The number of halogens is 1. The molecule has 2 aromatic rings. The first-order valence-corrected chi connectivity index (χ1v) is 9.05. The number of hydrogen-bond acceptors (Lipinski definition) is 5. The first-order valence-electron chi connectivity index (χ1n) is 9.05. The van der Waals surface area contributed by atoms with Gasteiger partial charge in [0.2, 0.25) is 5.78 Å². The lowest BCUT2D eigenvalue weighted by molar-refractivity contribution is 0.0945. The van der Waals surface area contributed by atoms with Crippen molar-refractivity contribution in [2.45, 2.75) is 44.9 Å². The molecule has 0 saturated carbocycles. The molecule has 0 unspecified atom stereocenters. The predicted molar refractivity (Wildman–Crippen MR) is 98.7 cm³/mol. The van der Waals surface area contributed by atoms with Crippen LogP contribution >= 0.6 is 0 Å². The molecule has 0 bridgehead atoms. The maximum absolute atomic E-state index is 13.1. The number of rotatable bonds is 9. The Labute approximate surface area is 157 Å². The highest BCUT2D eigenvalue weighted by Crippen LogP contribution is 2.27. The molecule has 27 heavy (non-hydrogen) atoms. The van der Waals surface area contributed by atoms with E-state index in [0.717, 1.165) is 49.0 Å². The Hall–Kier alpha value is -3.07. The number of aromatic nitrogens is 1. The number of Topliss-reactive ketones (excluding diaryl/α,β-unsaturated/α-hetero) is 1. The summed E-state index contributed by atoms with van der Waals surface area (Å²) in [7, 11) is 0. The van der Waals surface area contributed by atoms with Crippen molar-refractivity contribution in [2.75, 3.05) is 0 Å². The minimum absolute atomic E-state index is 0.0670. The van der Waals surface area contributed by atoms with E-state index in [0.29, 0.717) is 18.5 Å². The van der Waals surface area contributed by atoms with Crippen LogP contribution in [0.2, 0.25) is 0 Å². The zero-order valence-corrected chi connectivity index (χ0v) is 14.9. The van der Waals surface area contributed by atoms with Gasteiger partial charge in [0.25, 0.3) is 5.89 Å². The molecule has 5 nitrogen and oxygen atoms in total. The zero-order valence-electron chi connectivity index (χ0n) is 14.9. The lowest BCUT2D eigenvalue weighted by atomic mass is 9.99. The molecule has 0 saturated heterocycles. The number of oxazole rings is 1. The maximum atomic E-state index is 13.1. The van der Waals surface area contributed by atoms with Crippen molar-refractivity contribution in [1.82, 2.24) is 4.98 Å². The van der Waals surface area contributed by atoms with Crippen LogP contribution in [0.4, 0.5) is 4.39 Å². The van der Waals surface area contributed by atoms with Crippen LogP contribution in [0.5, 0.6) is 0 Å². The van der Waals surface area contributed by atoms with E-state index in [1.807, 2.05) is 0 Å². The lowest BCUT2D eigenvalue weighted by Gasteiger charge is -2.04. The Morgan fingerprint density at radius 3 is 2.67 bits per heavy atom. The average molecular weight is 365 g/mol. The SMILES string of the molecule is N#CC1=C(CCCCCCC(=O)c2ncco2)CC(c2ccc(F)cc2)=N1. The molecule has 0 aliphatic carbocycles. The molecule has 138 valence electrons. The van der Waals surface area contributed by atoms with Crippen LogP contribution in [0, 0.1) is 17.1 Å². The quantitative estimate of drug-likeness (QED) is 0.462. The standard InChI is InChI=1S/C21H20FN3O2/c22-17-9-7-15(8-10-17)18-13-16(19(14-23)25-18)5-3-1-2-4-6-20(26)21-24-11-12-27-21/h7-12H,1-6,13H2. The number of carbonyl (C=O) groups excluding carboxylic acids is 1. The molecule has 2 heterocycles. The van der Waals surface area contributed by atoms with E-state index in [2.05, 4.69) is 16.0 Å². The Bertz CT molecular complexity index is 891. The maximum Gasteiger partial charge on any atom is 0.263 e. The third kappa shape index (κ3) is 4.98. The highest BCUT2D eigenvalue weighted by Gasteiger charge is 2.19. The van der Waals surface area contributed by atoms with Crippen molar-refractivity contribution in [2.24, 2.45) is 4.99 Å².